The summed E-state index contributed by atoms with van der Waals surface area (Å²) >= 11 is 0. The lowest BCUT2D eigenvalue weighted by Gasteiger charge is -2.13. The van der Waals surface area contributed by atoms with Gasteiger partial charge in [0.15, 0.2) is 0 Å². The lowest BCUT2D eigenvalue weighted by molar-refractivity contribution is 0.0954. The molecule has 2 aromatic carbocycles. The zero-order valence-electron chi connectivity index (χ0n) is 16.2. The van der Waals surface area contributed by atoms with Gasteiger partial charge in [0.1, 0.15) is 23.1 Å². The first kappa shape index (κ1) is 20.1. The third-order valence-electron chi connectivity index (χ3n) is 4.33. The van der Waals surface area contributed by atoms with Crippen LogP contribution in [0.3, 0.4) is 0 Å². The number of carbonyl (C=O) groups excluding carboxylic acids is 1. The van der Waals surface area contributed by atoms with E-state index < -0.39 is 0 Å². The van der Waals surface area contributed by atoms with E-state index in [1.54, 1.807) is 68.9 Å². The maximum absolute atomic E-state index is 13.7. The largest absolute Gasteiger partial charge is 0.497 e. The number of carbonyl (C=O) groups is 1. The van der Waals surface area contributed by atoms with Gasteiger partial charge in [-0.1, -0.05) is 18.2 Å². The second-order valence-corrected chi connectivity index (χ2v) is 6.22. The molecule has 0 saturated carbocycles. The van der Waals surface area contributed by atoms with Crippen LogP contribution in [0, 0.1) is 5.82 Å². The number of amides is 1. The van der Waals surface area contributed by atoms with Gasteiger partial charge >= 0.3 is 0 Å². The summed E-state index contributed by atoms with van der Waals surface area (Å²) in [6.45, 7) is 0.328. The maximum Gasteiger partial charge on any atom is 0.251 e. The monoisotopic (exact) mass is 395 g/mol. The summed E-state index contributed by atoms with van der Waals surface area (Å²) in [6, 6.07) is 15.1. The highest BCUT2D eigenvalue weighted by molar-refractivity contribution is 5.95. The maximum atomic E-state index is 13.7. The van der Waals surface area contributed by atoms with Crippen molar-refractivity contribution >= 4 is 17.4 Å². The van der Waals surface area contributed by atoms with E-state index >= 15 is 0 Å². The van der Waals surface area contributed by atoms with Crippen LogP contribution in [0.5, 0.6) is 11.5 Å². The van der Waals surface area contributed by atoms with Crippen LogP contribution in [0.4, 0.5) is 15.9 Å². The number of anilines is 2. The number of ether oxygens (including phenoxy) is 2. The molecule has 29 heavy (non-hydrogen) atoms. The number of hydrogen-bond acceptors (Lipinski definition) is 5. The minimum absolute atomic E-state index is 0.260. The Kier molecular flexibility index (Phi) is 6.63. The van der Waals surface area contributed by atoms with Crippen LogP contribution in [0.25, 0.3) is 0 Å². The normalized spacial score (nSPS) is 10.3. The third kappa shape index (κ3) is 5.22. The van der Waals surface area contributed by atoms with Gasteiger partial charge < -0.3 is 20.1 Å². The molecule has 0 aliphatic heterocycles. The Balaban J connectivity index is 1.66. The van der Waals surface area contributed by atoms with Gasteiger partial charge in [-0.15, -0.1) is 0 Å². The van der Waals surface area contributed by atoms with Crippen LogP contribution in [0.2, 0.25) is 0 Å². The highest BCUT2D eigenvalue weighted by Gasteiger charge is 2.10. The summed E-state index contributed by atoms with van der Waals surface area (Å²) in [4.78, 5) is 16.7. The van der Waals surface area contributed by atoms with Crippen molar-refractivity contribution in [3.05, 3.63) is 77.7 Å². The van der Waals surface area contributed by atoms with Crippen molar-refractivity contribution < 1.29 is 18.7 Å². The molecular weight excluding hydrogens is 373 g/mol. The van der Waals surface area contributed by atoms with E-state index in [0.29, 0.717) is 47.1 Å². The average Bonchev–Trinajstić information content (AvgIpc) is 2.75. The Morgan fingerprint density at radius 1 is 1.07 bits per heavy atom. The van der Waals surface area contributed by atoms with Crippen molar-refractivity contribution in [2.75, 3.05) is 26.1 Å². The number of nitrogens with zero attached hydrogens (tertiary/aromatic N) is 1. The van der Waals surface area contributed by atoms with Gasteiger partial charge in [-0.3, -0.25) is 4.79 Å². The predicted octanol–water partition coefficient (Wildman–Crippen LogP) is 3.95. The lowest BCUT2D eigenvalue weighted by atomic mass is 10.1. The van der Waals surface area contributed by atoms with Crippen LogP contribution in [-0.2, 0) is 6.42 Å². The zero-order valence-corrected chi connectivity index (χ0v) is 16.2. The molecule has 1 aromatic heterocycles. The third-order valence-corrected chi connectivity index (χ3v) is 4.33. The van der Waals surface area contributed by atoms with E-state index in [1.807, 2.05) is 0 Å². The van der Waals surface area contributed by atoms with Crippen LogP contribution >= 0.6 is 0 Å². The molecule has 0 radical (unpaired) electrons. The molecule has 0 aliphatic carbocycles. The van der Waals surface area contributed by atoms with E-state index in [4.69, 9.17) is 9.47 Å². The topological polar surface area (TPSA) is 72.5 Å². The fourth-order valence-corrected chi connectivity index (χ4v) is 2.80. The molecule has 0 saturated heterocycles. The summed E-state index contributed by atoms with van der Waals surface area (Å²) in [5.74, 6) is 1.23. The van der Waals surface area contributed by atoms with Crippen molar-refractivity contribution in [3.63, 3.8) is 0 Å². The number of pyridine rings is 1. The van der Waals surface area contributed by atoms with Crippen LogP contribution in [0.15, 0.2) is 60.8 Å². The summed E-state index contributed by atoms with van der Waals surface area (Å²) in [5, 5.41) is 5.94. The molecule has 0 atom stereocenters. The number of methoxy groups -OCH3 is 2. The number of benzene rings is 2. The minimum atomic E-state index is -0.274. The number of aromatic nitrogens is 1. The van der Waals surface area contributed by atoms with Crippen molar-refractivity contribution in [2.45, 2.75) is 6.42 Å². The van der Waals surface area contributed by atoms with Gasteiger partial charge in [-0.05, 0) is 42.3 Å². The molecule has 150 valence electrons. The molecule has 2 N–H and O–H groups in total. The van der Waals surface area contributed by atoms with E-state index in [2.05, 4.69) is 15.6 Å². The SMILES string of the molecule is COc1ccc(OC)c(Nc2cc(C(=O)NCCc3ccccc3F)ccn2)c1. The van der Waals surface area contributed by atoms with Crippen molar-refractivity contribution in [2.24, 2.45) is 0 Å². The predicted molar refractivity (Wildman–Crippen MR) is 110 cm³/mol. The van der Waals surface area contributed by atoms with Crippen molar-refractivity contribution in [1.82, 2.24) is 10.3 Å². The second-order valence-electron chi connectivity index (χ2n) is 6.22. The van der Waals surface area contributed by atoms with Crippen molar-refractivity contribution in [3.8, 4) is 11.5 Å². The molecule has 0 bridgehead atoms. The first-order chi connectivity index (χ1) is 14.1. The highest BCUT2D eigenvalue weighted by Crippen LogP contribution is 2.31. The second kappa shape index (κ2) is 9.54. The van der Waals surface area contributed by atoms with E-state index in [9.17, 15) is 9.18 Å². The van der Waals surface area contributed by atoms with Crippen LogP contribution < -0.4 is 20.1 Å². The summed E-state index contributed by atoms with van der Waals surface area (Å²) in [5.41, 5.74) is 1.67. The molecule has 3 aromatic rings. The Bertz CT molecular complexity index is 995. The number of rotatable bonds is 8. The highest BCUT2D eigenvalue weighted by atomic mass is 19.1. The molecule has 6 nitrogen and oxygen atoms in total. The number of hydrogen-bond donors (Lipinski definition) is 2. The zero-order chi connectivity index (χ0) is 20.6. The Morgan fingerprint density at radius 2 is 1.90 bits per heavy atom. The quantitative estimate of drug-likeness (QED) is 0.604. The number of nitrogens with one attached hydrogen (secondary N) is 2. The first-order valence-electron chi connectivity index (χ1n) is 9.07. The summed E-state index contributed by atoms with van der Waals surface area (Å²) in [7, 11) is 3.15. The minimum Gasteiger partial charge on any atom is -0.497 e. The Morgan fingerprint density at radius 3 is 2.66 bits per heavy atom. The summed E-state index contributed by atoms with van der Waals surface area (Å²) < 4.78 is 24.2. The molecule has 0 aliphatic rings. The van der Waals surface area contributed by atoms with Gasteiger partial charge in [0, 0.05) is 24.4 Å². The van der Waals surface area contributed by atoms with E-state index in [1.165, 1.54) is 6.07 Å². The standard InChI is InChI=1S/C22H22FN3O3/c1-28-17-7-8-20(29-2)19(14-17)26-21-13-16(10-11-24-21)22(27)25-12-9-15-5-3-4-6-18(15)23/h3-8,10-11,13-14H,9,12H2,1-2H3,(H,24,26)(H,25,27). The van der Waals surface area contributed by atoms with Gasteiger partial charge in [-0.2, -0.15) is 0 Å². The molecule has 1 amide bonds. The van der Waals surface area contributed by atoms with E-state index in [0.717, 1.165) is 0 Å². The molecular formula is C22H22FN3O3. The van der Waals surface area contributed by atoms with Crippen LogP contribution in [-0.4, -0.2) is 31.7 Å². The number of halogens is 1. The molecule has 0 spiro atoms. The molecule has 0 unspecified atom stereocenters. The Labute approximate surface area is 168 Å². The molecule has 0 fully saturated rings. The smallest absolute Gasteiger partial charge is 0.251 e. The first-order valence-corrected chi connectivity index (χ1v) is 9.07. The van der Waals surface area contributed by atoms with Crippen molar-refractivity contribution in [1.29, 1.82) is 0 Å². The molecule has 7 heteroatoms. The van der Waals surface area contributed by atoms with Gasteiger partial charge in [0.05, 0.1) is 19.9 Å². The lowest BCUT2D eigenvalue weighted by Crippen LogP contribution is -2.26. The van der Waals surface area contributed by atoms with Gasteiger partial charge in [0.25, 0.3) is 5.91 Å². The molecule has 1 heterocycles. The molecule has 3 rings (SSSR count). The van der Waals surface area contributed by atoms with Gasteiger partial charge in [0.2, 0.25) is 0 Å². The van der Waals surface area contributed by atoms with Gasteiger partial charge in [-0.25, -0.2) is 9.37 Å². The average molecular weight is 395 g/mol. The fraction of sp³-hybridized carbons (Fsp3) is 0.182. The summed E-state index contributed by atoms with van der Waals surface area (Å²) in [6.07, 6.45) is 1.95. The fourth-order valence-electron chi connectivity index (χ4n) is 2.80. The van der Waals surface area contributed by atoms with Crippen LogP contribution in [0.1, 0.15) is 15.9 Å². The Hall–Kier alpha value is -3.61. The van der Waals surface area contributed by atoms with E-state index in [-0.39, 0.29) is 11.7 Å².